The molecule has 88 valence electrons. The van der Waals surface area contributed by atoms with Gasteiger partial charge in [-0.15, -0.1) is 0 Å². The molecule has 0 amide bonds. The smallest absolute Gasteiger partial charge is 0.115 e. The van der Waals surface area contributed by atoms with Crippen LogP contribution in [0.15, 0.2) is 52.3 Å². The van der Waals surface area contributed by atoms with E-state index in [1.54, 1.807) is 23.9 Å². The minimum atomic E-state index is 0.311. The van der Waals surface area contributed by atoms with Gasteiger partial charge in [-0.05, 0) is 71.0 Å². The van der Waals surface area contributed by atoms with Gasteiger partial charge in [0.05, 0.1) is 0 Å². The van der Waals surface area contributed by atoms with Gasteiger partial charge in [-0.25, -0.2) is 0 Å². The van der Waals surface area contributed by atoms with Gasteiger partial charge < -0.3 is 5.11 Å². The summed E-state index contributed by atoms with van der Waals surface area (Å²) in [6.45, 7) is 2.16. The van der Waals surface area contributed by atoms with Crippen molar-refractivity contribution in [3.8, 4) is 5.75 Å². The lowest BCUT2D eigenvalue weighted by molar-refractivity contribution is 0.475. The molecule has 0 fully saturated rings. The fourth-order valence-electron chi connectivity index (χ4n) is 1.49. The van der Waals surface area contributed by atoms with Crippen molar-refractivity contribution in [3.63, 3.8) is 0 Å². The topological polar surface area (TPSA) is 20.2 Å². The van der Waals surface area contributed by atoms with Crippen molar-refractivity contribution in [2.75, 3.05) is 0 Å². The van der Waals surface area contributed by atoms with Crippen molar-refractivity contribution >= 4 is 34.4 Å². The minimum absolute atomic E-state index is 0.311. The van der Waals surface area contributed by atoms with Crippen molar-refractivity contribution in [2.45, 2.75) is 23.1 Å². The number of phenols is 1. The maximum absolute atomic E-state index is 9.23. The number of aryl methyl sites for hydroxylation is 1. The molecule has 17 heavy (non-hydrogen) atoms. The summed E-state index contributed by atoms with van der Waals surface area (Å²) in [7, 11) is 0. The number of benzene rings is 2. The summed E-state index contributed by atoms with van der Waals surface area (Å²) in [6.07, 6.45) is 1.07. The molecule has 0 saturated heterocycles. The normalized spacial score (nSPS) is 10.5. The fourth-order valence-corrected chi connectivity index (χ4v) is 3.22. The summed E-state index contributed by atoms with van der Waals surface area (Å²) in [5.74, 6) is 0.311. The highest BCUT2D eigenvalue weighted by Gasteiger charge is 2.03. The average Bonchev–Trinajstić information content (AvgIpc) is 2.34. The van der Waals surface area contributed by atoms with Crippen LogP contribution in [0.3, 0.4) is 0 Å². The molecule has 2 rings (SSSR count). The van der Waals surface area contributed by atoms with Crippen LogP contribution in [0.5, 0.6) is 5.75 Å². The molecule has 1 N–H and O–H groups in total. The molecule has 2 aromatic rings. The lowest BCUT2D eigenvalue weighted by Gasteiger charge is -2.06. The SMILES string of the molecule is CCc1ccc(Sc2ccc(O)cc2)c(I)c1. The van der Waals surface area contributed by atoms with Crippen molar-refractivity contribution in [2.24, 2.45) is 0 Å². The van der Waals surface area contributed by atoms with Crippen molar-refractivity contribution in [3.05, 3.63) is 51.6 Å². The number of halogens is 1. The second-order valence-electron chi connectivity index (χ2n) is 3.71. The van der Waals surface area contributed by atoms with Crippen LogP contribution in [0.1, 0.15) is 12.5 Å². The minimum Gasteiger partial charge on any atom is -0.508 e. The average molecular weight is 356 g/mol. The summed E-state index contributed by atoms with van der Waals surface area (Å²) in [6, 6.07) is 13.9. The Bertz CT molecular complexity index is 508. The van der Waals surface area contributed by atoms with Gasteiger partial charge in [0.15, 0.2) is 0 Å². The van der Waals surface area contributed by atoms with Crippen LogP contribution in [0.4, 0.5) is 0 Å². The van der Waals surface area contributed by atoms with Crippen LogP contribution in [-0.2, 0) is 6.42 Å². The van der Waals surface area contributed by atoms with E-state index in [0.717, 1.165) is 11.3 Å². The Balaban J connectivity index is 2.21. The molecule has 3 heteroatoms. The van der Waals surface area contributed by atoms with E-state index in [2.05, 4.69) is 47.7 Å². The highest BCUT2D eigenvalue weighted by atomic mass is 127. The van der Waals surface area contributed by atoms with Crippen LogP contribution in [0.25, 0.3) is 0 Å². The molecule has 0 radical (unpaired) electrons. The first-order valence-electron chi connectivity index (χ1n) is 5.44. The van der Waals surface area contributed by atoms with Gasteiger partial charge in [-0.1, -0.05) is 24.8 Å². The number of hydrogen-bond donors (Lipinski definition) is 1. The summed E-state index contributed by atoms with van der Waals surface area (Å²) >= 11 is 4.10. The van der Waals surface area contributed by atoms with Crippen molar-refractivity contribution in [1.82, 2.24) is 0 Å². The largest absolute Gasteiger partial charge is 0.508 e. The number of phenolic OH excluding ortho intramolecular Hbond substituents is 1. The molecule has 0 bridgehead atoms. The maximum Gasteiger partial charge on any atom is 0.115 e. The van der Waals surface area contributed by atoms with Gasteiger partial charge in [-0.3, -0.25) is 0 Å². The van der Waals surface area contributed by atoms with Crippen LogP contribution in [0, 0.1) is 3.57 Å². The molecule has 0 unspecified atom stereocenters. The zero-order chi connectivity index (χ0) is 12.3. The van der Waals surface area contributed by atoms with Crippen molar-refractivity contribution in [1.29, 1.82) is 0 Å². The lowest BCUT2D eigenvalue weighted by Crippen LogP contribution is -1.84. The van der Waals surface area contributed by atoms with E-state index in [9.17, 15) is 5.11 Å². The highest BCUT2D eigenvalue weighted by molar-refractivity contribution is 14.1. The Morgan fingerprint density at radius 1 is 1.12 bits per heavy atom. The highest BCUT2D eigenvalue weighted by Crippen LogP contribution is 2.32. The maximum atomic E-state index is 9.23. The Hall–Kier alpha value is -0.680. The number of aromatic hydroxyl groups is 1. The number of rotatable bonds is 3. The Morgan fingerprint density at radius 3 is 2.41 bits per heavy atom. The Labute approximate surface area is 119 Å². The number of hydrogen-bond acceptors (Lipinski definition) is 2. The van der Waals surface area contributed by atoms with Gasteiger partial charge in [0.25, 0.3) is 0 Å². The first kappa shape index (κ1) is 12.8. The van der Waals surface area contributed by atoms with Gasteiger partial charge in [0.2, 0.25) is 0 Å². The molecule has 0 saturated carbocycles. The van der Waals surface area contributed by atoms with Crippen LogP contribution < -0.4 is 0 Å². The van der Waals surface area contributed by atoms with E-state index in [1.807, 2.05) is 12.1 Å². The fraction of sp³-hybridized carbons (Fsp3) is 0.143. The monoisotopic (exact) mass is 356 g/mol. The van der Waals surface area contributed by atoms with Gasteiger partial charge in [0, 0.05) is 13.4 Å². The standard InChI is InChI=1S/C14H13IOS/c1-2-10-3-8-14(13(15)9-10)17-12-6-4-11(16)5-7-12/h3-9,16H,2H2,1H3. The van der Waals surface area contributed by atoms with Gasteiger partial charge in [0.1, 0.15) is 5.75 Å². The van der Waals surface area contributed by atoms with Gasteiger partial charge >= 0.3 is 0 Å². The van der Waals surface area contributed by atoms with E-state index in [-0.39, 0.29) is 0 Å². The third-order valence-electron chi connectivity index (χ3n) is 2.47. The third kappa shape index (κ3) is 3.39. The molecule has 0 heterocycles. The predicted molar refractivity (Wildman–Crippen MR) is 80.8 cm³/mol. The molecule has 0 aliphatic heterocycles. The predicted octanol–water partition coefficient (Wildman–Crippen LogP) is 4.71. The van der Waals surface area contributed by atoms with E-state index >= 15 is 0 Å². The zero-order valence-corrected chi connectivity index (χ0v) is 12.5. The lowest BCUT2D eigenvalue weighted by atomic mass is 10.2. The Kier molecular flexibility index (Phi) is 4.34. The van der Waals surface area contributed by atoms with E-state index in [4.69, 9.17) is 0 Å². The molecule has 1 nitrogen and oxygen atoms in total. The molecular formula is C14H13IOS. The molecule has 0 aliphatic carbocycles. The van der Waals surface area contributed by atoms with E-state index in [0.29, 0.717) is 5.75 Å². The third-order valence-corrected chi connectivity index (χ3v) is 4.81. The van der Waals surface area contributed by atoms with Crippen molar-refractivity contribution < 1.29 is 5.11 Å². The molecular weight excluding hydrogens is 343 g/mol. The second kappa shape index (κ2) is 5.78. The molecule has 0 spiro atoms. The summed E-state index contributed by atoms with van der Waals surface area (Å²) in [5.41, 5.74) is 1.37. The summed E-state index contributed by atoms with van der Waals surface area (Å²) in [5, 5.41) is 9.23. The first-order valence-corrected chi connectivity index (χ1v) is 7.34. The van der Waals surface area contributed by atoms with Crippen LogP contribution in [-0.4, -0.2) is 5.11 Å². The summed E-state index contributed by atoms with van der Waals surface area (Å²) < 4.78 is 1.28. The Morgan fingerprint density at radius 2 is 1.82 bits per heavy atom. The quantitative estimate of drug-likeness (QED) is 0.804. The van der Waals surface area contributed by atoms with Crippen LogP contribution in [0.2, 0.25) is 0 Å². The molecule has 0 aromatic heterocycles. The second-order valence-corrected chi connectivity index (χ2v) is 5.99. The molecule has 2 aromatic carbocycles. The zero-order valence-electron chi connectivity index (χ0n) is 9.48. The van der Waals surface area contributed by atoms with Gasteiger partial charge in [-0.2, -0.15) is 0 Å². The molecule has 0 atom stereocenters. The van der Waals surface area contributed by atoms with E-state index in [1.165, 1.54) is 14.0 Å². The summed E-state index contributed by atoms with van der Waals surface area (Å²) in [4.78, 5) is 2.40. The first-order chi connectivity index (χ1) is 8.19. The van der Waals surface area contributed by atoms with E-state index < -0.39 is 0 Å². The van der Waals surface area contributed by atoms with Crippen LogP contribution >= 0.6 is 34.4 Å². The molecule has 0 aliphatic rings.